The Morgan fingerprint density at radius 1 is 1.41 bits per heavy atom. The minimum absolute atomic E-state index is 0.581. The van der Waals surface area contributed by atoms with Crippen molar-refractivity contribution in [3.63, 3.8) is 0 Å². The lowest BCUT2D eigenvalue weighted by Gasteiger charge is -2.30. The highest BCUT2D eigenvalue weighted by molar-refractivity contribution is 7.98. The van der Waals surface area contributed by atoms with Gasteiger partial charge in [-0.05, 0) is 38.6 Å². The summed E-state index contributed by atoms with van der Waals surface area (Å²) >= 11 is 3.73. The van der Waals surface area contributed by atoms with Crippen LogP contribution < -0.4 is 5.32 Å². The van der Waals surface area contributed by atoms with Crippen LogP contribution in [-0.2, 0) is 6.54 Å². The van der Waals surface area contributed by atoms with E-state index in [4.69, 9.17) is 0 Å². The quantitative estimate of drug-likeness (QED) is 0.783. The molecule has 0 bridgehead atoms. The van der Waals surface area contributed by atoms with Gasteiger partial charge in [-0.15, -0.1) is 11.3 Å². The first-order valence-electron chi connectivity index (χ1n) is 6.09. The first kappa shape index (κ1) is 15.0. The van der Waals surface area contributed by atoms with Gasteiger partial charge >= 0.3 is 0 Å². The van der Waals surface area contributed by atoms with Gasteiger partial charge in [-0.3, -0.25) is 4.90 Å². The van der Waals surface area contributed by atoms with Crippen molar-refractivity contribution in [2.24, 2.45) is 0 Å². The predicted molar refractivity (Wildman–Crippen MR) is 81.1 cm³/mol. The molecule has 1 aromatic rings. The maximum Gasteiger partial charge on any atom is 0.0300 e. The third kappa shape index (κ3) is 5.42. The zero-order chi connectivity index (χ0) is 12.7. The minimum atomic E-state index is 0.581. The SMILES string of the molecule is CSCC(C)N(C)C(C)CNCc1cccs1. The molecule has 0 radical (unpaired) electrons. The lowest BCUT2D eigenvalue weighted by Crippen LogP contribution is -2.43. The molecule has 0 aromatic carbocycles. The molecule has 0 saturated heterocycles. The van der Waals surface area contributed by atoms with Gasteiger partial charge in [-0.25, -0.2) is 0 Å². The number of thiophene rings is 1. The van der Waals surface area contributed by atoms with Crippen molar-refractivity contribution in [1.82, 2.24) is 10.2 Å². The highest BCUT2D eigenvalue weighted by Crippen LogP contribution is 2.09. The van der Waals surface area contributed by atoms with E-state index in [0.717, 1.165) is 13.1 Å². The summed E-state index contributed by atoms with van der Waals surface area (Å²) in [6.07, 6.45) is 2.17. The fourth-order valence-electron chi connectivity index (χ4n) is 1.75. The zero-order valence-electron chi connectivity index (χ0n) is 11.3. The second-order valence-corrected chi connectivity index (χ2v) is 6.47. The van der Waals surface area contributed by atoms with Crippen LogP contribution in [0.15, 0.2) is 17.5 Å². The molecule has 2 nitrogen and oxygen atoms in total. The number of rotatable bonds is 8. The summed E-state index contributed by atoms with van der Waals surface area (Å²) in [5, 5.41) is 5.66. The average molecular weight is 272 g/mol. The normalized spacial score (nSPS) is 15.1. The van der Waals surface area contributed by atoms with E-state index in [1.54, 1.807) is 0 Å². The van der Waals surface area contributed by atoms with Gasteiger partial charge in [0, 0.05) is 35.8 Å². The summed E-state index contributed by atoms with van der Waals surface area (Å²) in [5.41, 5.74) is 0. The molecule has 1 heterocycles. The monoisotopic (exact) mass is 272 g/mol. The largest absolute Gasteiger partial charge is 0.310 e. The van der Waals surface area contributed by atoms with E-state index in [1.165, 1.54) is 10.6 Å². The highest BCUT2D eigenvalue weighted by atomic mass is 32.2. The van der Waals surface area contributed by atoms with E-state index >= 15 is 0 Å². The van der Waals surface area contributed by atoms with Crippen LogP contribution >= 0.6 is 23.1 Å². The van der Waals surface area contributed by atoms with Crippen molar-refractivity contribution in [3.8, 4) is 0 Å². The fraction of sp³-hybridized carbons (Fsp3) is 0.692. The Morgan fingerprint density at radius 2 is 2.18 bits per heavy atom. The van der Waals surface area contributed by atoms with E-state index in [0.29, 0.717) is 12.1 Å². The summed E-state index contributed by atoms with van der Waals surface area (Å²) in [6, 6.07) is 5.51. The first-order valence-corrected chi connectivity index (χ1v) is 8.36. The van der Waals surface area contributed by atoms with Gasteiger partial charge < -0.3 is 5.32 Å². The third-order valence-corrected chi connectivity index (χ3v) is 4.81. The lowest BCUT2D eigenvalue weighted by molar-refractivity contribution is 0.206. The molecule has 1 rings (SSSR count). The molecule has 0 aliphatic carbocycles. The van der Waals surface area contributed by atoms with E-state index < -0.39 is 0 Å². The number of hydrogen-bond donors (Lipinski definition) is 1. The molecule has 4 heteroatoms. The first-order chi connectivity index (χ1) is 8.15. The van der Waals surface area contributed by atoms with Gasteiger partial charge in [0.1, 0.15) is 0 Å². The maximum atomic E-state index is 3.53. The molecule has 0 saturated carbocycles. The van der Waals surface area contributed by atoms with Crippen molar-refractivity contribution in [2.75, 3.05) is 25.6 Å². The van der Waals surface area contributed by atoms with Crippen LogP contribution in [0.5, 0.6) is 0 Å². The molecule has 0 amide bonds. The Balaban J connectivity index is 2.21. The standard InChI is InChI=1S/C13H24N2S2/c1-11(15(3)12(2)10-16-4)8-14-9-13-6-5-7-17-13/h5-7,11-12,14H,8-10H2,1-4H3. The molecule has 98 valence electrons. The van der Waals surface area contributed by atoms with Crippen LogP contribution in [0.25, 0.3) is 0 Å². The number of thioether (sulfide) groups is 1. The van der Waals surface area contributed by atoms with Gasteiger partial charge in [-0.2, -0.15) is 11.8 Å². The van der Waals surface area contributed by atoms with E-state index in [2.05, 4.69) is 54.9 Å². The van der Waals surface area contributed by atoms with Crippen molar-refractivity contribution in [1.29, 1.82) is 0 Å². The van der Waals surface area contributed by atoms with Crippen LogP contribution in [0.2, 0.25) is 0 Å². The molecule has 0 fully saturated rings. The summed E-state index contributed by atoms with van der Waals surface area (Å²) in [4.78, 5) is 3.87. The Kier molecular flexibility index (Phi) is 7.19. The maximum absolute atomic E-state index is 3.53. The second-order valence-electron chi connectivity index (χ2n) is 4.53. The number of nitrogens with zero attached hydrogens (tertiary/aromatic N) is 1. The molecular formula is C13H24N2S2. The van der Waals surface area contributed by atoms with Gasteiger partial charge in [0.05, 0.1) is 0 Å². The Morgan fingerprint density at radius 3 is 2.76 bits per heavy atom. The smallest absolute Gasteiger partial charge is 0.0300 e. The Labute approximate surface area is 114 Å². The molecule has 2 atom stereocenters. The van der Waals surface area contributed by atoms with Crippen LogP contribution in [-0.4, -0.2) is 42.6 Å². The number of nitrogens with one attached hydrogen (secondary N) is 1. The fourth-order valence-corrected chi connectivity index (χ4v) is 3.15. The Bertz CT molecular complexity index is 288. The molecule has 1 aromatic heterocycles. The second kappa shape index (κ2) is 8.14. The van der Waals surface area contributed by atoms with Gasteiger partial charge in [0.15, 0.2) is 0 Å². The van der Waals surface area contributed by atoms with E-state index in [9.17, 15) is 0 Å². The molecule has 1 N–H and O–H groups in total. The third-order valence-electron chi connectivity index (χ3n) is 3.12. The summed E-state index contributed by atoms with van der Waals surface area (Å²) in [5.74, 6) is 1.20. The summed E-state index contributed by atoms with van der Waals surface area (Å²) < 4.78 is 0. The van der Waals surface area contributed by atoms with Crippen LogP contribution in [0, 0.1) is 0 Å². The van der Waals surface area contributed by atoms with Crippen molar-refractivity contribution in [2.45, 2.75) is 32.5 Å². The van der Waals surface area contributed by atoms with Crippen LogP contribution in [0.3, 0.4) is 0 Å². The number of likely N-dealkylation sites (N-methyl/N-ethyl adjacent to an activating group) is 1. The topological polar surface area (TPSA) is 15.3 Å². The predicted octanol–water partition coefficient (Wildman–Crippen LogP) is 2.91. The van der Waals surface area contributed by atoms with Crippen molar-refractivity contribution in [3.05, 3.63) is 22.4 Å². The van der Waals surface area contributed by atoms with Gasteiger partial charge in [0.2, 0.25) is 0 Å². The Hall–Kier alpha value is -0.0300. The average Bonchev–Trinajstić information content (AvgIpc) is 2.81. The molecule has 17 heavy (non-hydrogen) atoms. The van der Waals surface area contributed by atoms with Crippen LogP contribution in [0.1, 0.15) is 18.7 Å². The molecule has 0 spiro atoms. The molecular weight excluding hydrogens is 248 g/mol. The summed E-state index contributed by atoms with van der Waals surface area (Å²) in [6.45, 7) is 6.63. The molecule has 0 aliphatic heterocycles. The molecule has 2 unspecified atom stereocenters. The van der Waals surface area contributed by atoms with Gasteiger partial charge in [-0.1, -0.05) is 6.07 Å². The zero-order valence-corrected chi connectivity index (χ0v) is 12.9. The van der Waals surface area contributed by atoms with Crippen molar-refractivity contribution >= 4 is 23.1 Å². The highest BCUT2D eigenvalue weighted by Gasteiger charge is 2.14. The van der Waals surface area contributed by atoms with Gasteiger partial charge in [0.25, 0.3) is 0 Å². The minimum Gasteiger partial charge on any atom is -0.310 e. The van der Waals surface area contributed by atoms with E-state index in [1.807, 2.05) is 23.1 Å². The van der Waals surface area contributed by atoms with E-state index in [-0.39, 0.29) is 0 Å². The van der Waals surface area contributed by atoms with Crippen molar-refractivity contribution < 1.29 is 0 Å². The summed E-state index contributed by atoms with van der Waals surface area (Å²) in [7, 11) is 2.22. The lowest BCUT2D eigenvalue weighted by atomic mass is 10.2. The molecule has 0 aliphatic rings. The van der Waals surface area contributed by atoms with Crippen LogP contribution in [0.4, 0.5) is 0 Å². The number of hydrogen-bond acceptors (Lipinski definition) is 4.